The molecule has 0 spiro atoms. The lowest BCUT2D eigenvalue weighted by Crippen LogP contribution is -2.13. The van der Waals surface area contributed by atoms with E-state index in [-0.39, 0.29) is 11.3 Å². The van der Waals surface area contributed by atoms with Crippen LogP contribution in [0.25, 0.3) is 0 Å². The van der Waals surface area contributed by atoms with Gasteiger partial charge in [-0.2, -0.15) is 0 Å². The number of carbonyl (C=O) groups excluding carboxylic acids is 1. The average Bonchev–Trinajstić information content (AvgIpc) is 2.61. The summed E-state index contributed by atoms with van der Waals surface area (Å²) in [7, 11) is 0. The zero-order valence-corrected chi connectivity index (χ0v) is 14.4. The first-order valence-corrected chi connectivity index (χ1v) is 8.05. The Hall–Kier alpha value is -2.99. The molecule has 0 radical (unpaired) electrons. The number of aromatic nitrogens is 1. The number of anilines is 3. The smallest absolute Gasteiger partial charge is 0.257 e. The lowest BCUT2D eigenvalue weighted by molar-refractivity contribution is 0.102. The summed E-state index contributed by atoms with van der Waals surface area (Å²) in [6, 6.07) is 10.2. The number of carbonyl (C=O) groups is 1. The fraction of sp³-hybridized carbons (Fsp3) is 0.0526. The van der Waals surface area contributed by atoms with Gasteiger partial charge in [0, 0.05) is 28.7 Å². The van der Waals surface area contributed by atoms with Crippen molar-refractivity contribution in [2.45, 2.75) is 6.92 Å². The molecule has 132 valence electrons. The Labute approximate surface area is 153 Å². The molecule has 0 aliphatic rings. The molecule has 0 bridgehead atoms. The van der Waals surface area contributed by atoms with Gasteiger partial charge in [0.25, 0.3) is 5.91 Å². The first-order chi connectivity index (χ1) is 12.4. The summed E-state index contributed by atoms with van der Waals surface area (Å²) in [5.41, 5.74) is 2.77. The molecule has 7 heteroatoms. The topological polar surface area (TPSA) is 54.0 Å². The van der Waals surface area contributed by atoms with Crippen molar-refractivity contribution in [3.63, 3.8) is 0 Å². The van der Waals surface area contributed by atoms with E-state index in [1.807, 2.05) is 13.0 Å². The maximum absolute atomic E-state index is 13.2. The number of hydrogen-bond acceptors (Lipinski definition) is 3. The van der Waals surface area contributed by atoms with Gasteiger partial charge in [-0.05, 0) is 42.8 Å². The van der Waals surface area contributed by atoms with Crippen molar-refractivity contribution in [3.05, 3.63) is 82.6 Å². The highest BCUT2D eigenvalue weighted by Crippen LogP contribution is 2.24. The molecule has 1 aromatic heterocycles. The van der Waals surface area contributed by atoms with Gasteiger partial charge < -0.3 is 10.6 Å². The molecule has 0 saturated heterocycles. The first-order valence-electron chi connectivity index (χ1n) is 7.67. The van der Waals surface area contributed by atoms with Crippen molar-refractivity contribution < 1.29 is 13.6 Å². The summed E-state index contributed by atoms with van der Waals surface area (Å²) < 4.78 is 26.2. The Balaban J connectivity index is 1.78. The van der Waals surface area contributed by atoms with Gasteiger partial charge >= 0.3 is 0 Å². The van der Waals surface area contributed by atoms with Crippen molar-refractivity contribution >= 4 is 34.6 Å². The standard InChI is InChI=1S/C19H14ClF2N3O/c1-11-2-3-13(20)7-18(11)24-15-6-12(9-23-10-15)19(26)25-14-4-5-16(21)17(22)8-14/h2-10,24H,1H3,(H,25,26). The summed E-state index contributed by atoms with van der Waals surface area (Å²) in [6.07, 6.45) is 2.94. The number of benzene rings is 2. The van der Waals surface area contributed by atoms with Gasteiger partial charge in [-0.25, -0.2) is 8.78 Å². The van der Waals surface area contributed by atoms with Crippen LogP contribution in [0.5, 0.6) is 0 Å². The van der Waals surface area contributed by atoms with Crippen molar-refractivity contribution in [2.75, 3.05) is 10.6 Å². The Kier molecular flexibility index (Phi) is 5.14. The number of rotatable bonds is 4. The summed E-state index contributed by atoms with van der Waals surface area (Å²) >= 11 is 6.00. The molecule has 0 aliphatic heterocycles. The van der Waals surface area contributed by atoms with Crippen LogP contribution in [0.15, 0.2) is 54.9 Å². The summed E-state index contributed by atoms with van der Waals surface area (Å²) in [5.74, 6) is -2.50. The van der Waals surface area contributed by atoms with Crippen LogP contribution in [-0.2, 0) is 0 Å². The van der Waals surface area contributed by atoms with Crippen molar-refractivity contribution in [1.29, 1.82) is 0 Å². The van der Waals surface area contributed by atoms with Crippen LogP contribution in [0.1, 0.15) is 15.9 Å². The Bertz CT molecular complexity index is 979. The molecule has 1 heterocycles. The van der Waals surface area contributed by atoms with Crippen molar-refractivity contribution in [2.24, 2.45) is 0 Å². The molecule has 26 heavy (non-hydrogen) atoms. The van der Waals surface area contributed by atoms with Gasteiger partial charge in [-0.1, -0.05) is 17.7 Å². The van der Waals surface area contributed by atoms with Gasteiger partial charge in [-0.3, -0.25) is 9.78 Å². The molecule has 0 aliphatic carbocycles. The molecule has 1 amide bonds. The maximum Gasteiger partial charge on any atom is 0.257 e. The molecule has 2 aromatic carbocycles. The molecule has 0 unspecified atom stereocenters. The molecule has 4 nitrogen and oxygen atoms in total. The minimum atomic E-state index is -1.03. The normalized spacial score (nSPS) is 10.5. The van der Waals surface area contributed by atoms with Crippen LogP contribution < -0.4 is 10.6 Å². The van der Waals surface area contributed by atoms with E-state index >= 15 is 0 Å². The van der Waals surface area contributed by atoms with Crippen LogP contribution >= 0.6 is 11.6 Å². The van der Waals surface area contributed by atoms with E-state index in [1.165, 1.54) is 12.3 Å². The molecule has 0 fully saturated rings. The Morgan fingerprint density at radius 2 is 1.81 bits per heavy atom. The molecular formula is C19H14ClF2N3O. The van der Waals surface area contributed by atoms with Gasteiger partial charge in [-0.15, -0.1) is 0 Å². The third-order valence-corrected chi connectivity index (χ3v) is 3.89. The molecule has 3 aromatic rings. The lowest BCUT2D eigenvalue weighted by Gasteiger charge is -2.11. The molecule has 3 rings (SSSR count). The maximum atomic E-state index is 13.2. The van der Waals surface area contributed by atoms with Gasteiger partial charge in [0.05, 0.1) is 17.4 Å². The fourth-order valence-electron chi connectivity index (χ4n) is 2.29. The number of amides is 1. The highest BCUT2D eigenvalue weighted by atomic mass is 35.5. The number of nitrogens with zero attached hydrogens (tertiary/aromatic N) is 1. The minimum absolute atomic E-state index is 0.151. The summed E-state index contributed by atoms with van der Waals surface area (Å²) in [5, 5.41) is 6.24. The molecule has 0 saturated carbocycles. The Morgan fingerprint density at radius 3 is 2.58 bits per heavy atom. The summed E-state index contributed by atoms with van der Waals surface area (Å²) in [4.78, 5) is 16.4. The lowest BCUT2D eigenvalue weighted by atomic mass is 10.2. The monoisotopic (exact) mass is 373 g/mol. The zero-order chi connectivity index (χ0) is 18.7. The third-order valence-electron chi connectivity index (χ3n) is 3.66. The third kappa shape index (κ3) is 4.15. The average molecular weight is 374 g/mol. The van der Waals surface area contributed by atoms with Crippen molar-refractivity contribution in [3.8, 4) is 0 Å². The highest BCUT2D eigenvalue weighted by molar-refractivity contribution is 6.30. The number of hydrogen-bond donors (Lipinski definition) is 2. The van der Waals surface area contributed by atoms with E-state index in [1.54, 1.807) is 24.4 Å². The van der Waals surface area contributed by atoms with Crippen LogP contribution in [-0.4, -0.2) is 10.9 Å². The number of pyridine rings is 1. The van der Waals surface area contributed by atoms with Crippen molar-refractivity contribution in [1.82, 2.24) is 4.98 Å². The Morgan fingerprint density at radius 1 is 1.00 bits per heavy atom. The minimum Gasteiger partial charge on any atom is -0.354 e. The molecule has 2 N–H and O–H groups in total. The van der Waals surface area contributed by atoms with E-state index in [9.17, 15) is 13.6 Å². The van der Waals surface area contributed by atoms with Crippen LogP contribution in [0.4, 0.5) is 25.8 Å². The van der Waals surface area contributed by atoms with E-state index in [0.29, 0.717) is 10.7 Å². The van der Waals surface area contributed by atoms with Crippen LogP contribution in [0.2, 0.25) is 5.02 Å². The van der Waals surface area contributed by atoms with E-state index in [4.69, 9.17) is 11.6 Å². The first kappa shape index (κ1) is 17.8. The largest absolute Gasteiger partial charge is 0.354 e. The van der Waals surface area contributed by atoms with Gasteiger partial charge in [0.15, 0.2) is 11.6 Å². The summed E-state index contributed by atoms with van der Waals surface area (Å²) in [6.45, 7) is 1.92. The second-order valence-corrected chi connectivity index (χ2v) is 6.07. The second kappa shape index (κ2) is 7.49. The molecule has 0 atom stereocenters. The van der Waals surface area contributed by atoms with Gasteiger partial charge in [0.2, 0.25) is 0 Å². The predicted molar refractivity (Wildman–Crippen MR) is 98.0 cm³/mol. The zero-order valence-electron chi connectivity index (χ0n) is 13.7. The van der Waals surface area contributed by atoms with E-state index in [2.05, 4.69) is 15.6 Å². The number of aryl methyl sites for hydroxylation is 1. The van der Waals surface area contributed by atoms with Crippen LogP contribution in [0, 0.1) is 18.6 Å². The quantitative estimate of drug-likeness (QED) is 0.651. The molecular weight excluding hydrogens is 360 g/mol. The fourth-order valence-corrected chi connectivity index (χ4v) is 2.47. The van der Waals surface area contributed by atoms with Gasteiger partial charge in [0.1, 0.15) is 0 Å². The highest BCUT2D eigenvalue weighted by Gasteiger charge is 2.10. The van der Waals surface area contributed by atoms with E-state index < -0.39 is 17.5 Å². The van der Waals surface area contributed by atoms with E-state index in [0.717, 1.165) is 23.4 Å². The predicted octanol–water partition coefficient (Wildman–Crippen LogP) is 5.32. The van der Waals surface area contributed by atoms with Crippen LogP contribution in [0.3, 0.4) is 0 Å². The SMILES string of the molecule is Cc1ccc(Cl)cc1Nc1cncc(C(=O)Nc2ccc(F)c(F)c2)c1. The number of halogens is 3. The second-order valence-electron chi connectivity index (χ2n) is 5.63. The number of nitrogens with one attached hydrogen (secondary N) is 2.